The largest absolute Gasteiger partial charge is 0.478 e. The predicted molar refractivity (Wildman–Crippen MR) is 24.6 cm³/mol. The van der Waals surface area contributed by atoms with Crippen LogP contribution in [0.3, 0.4) is 0 Å². The van der Waals surface area contributed by atoms with E-state index >= 15 is 0 Å². The van der Waals surface area contributed by atoms with Gasteiger partial charge in [0.05, 0.1) is 5.20 Å². The average molecular weight is 116 g/mol. The van der Waals surface area contributed by atoms with Crippen molar-refractivity contribution in [2.24, 2.45) is 0 Å². The number of rotatable bonds is 2. The molecule has 0 heterocycles. The molecule has 0 unspecified atom stereocenters. The Morgan fingerprint density at radius 1 is 1.71 bits per heavy atom. The van der Waals surface area contributed by atoms with E-state index in [0.717, 1.165) is 0 Å². The maximum absolute atomic E-state index is 9.67. The highest BCUT2D eigenvalue weighted by molar-refractivity contribution is 6.39. The Balaban J connectivity index is 3.81. The second-order valence-electron chi connectivity index (χ2n) is 0.948. The SMILES string of the molecule is C=C([SiH]=O)C(=O)O. The summed E-state index contributed by atoms with van der Waals surface area (Å²) < 4.78 is 9.67. The Labute approximate surface area is 42.5 Å². The van der Waals surface area contributed by atoms with E-state index < -0.39 is 15.4 Å². The summed E-state index contributed by atoms with van der Waals surface area (Å²) in [5, 5.41) is 7.69. The van der Waals surface area contributed by atoms with Crippen LogP contribution in [0.4, 0.5) is 0 Å². The van der Waals surface area contributed by atoms with Crippen LogP contribution in [0.25, 0.3) is 0 Å². The topological polar surface area (TPSA) is 54.4 Å². The van der Waals surface area contributed by atoms with Gasteiger partial charge in [-0.15, -0.1) is 0 Å². The van der Waals surface area contributed by atoms with Crippen molar-refractivity contribution in [2.75, 3.05) is 0 Å². The van der Waals surface area contributed by atoms with Crippen molar-refractivity contribution >= 4 is 15.4 Å². The lowest BCUT2D eigenvalue weighted by molar-refractivity contribution is -0.131. The number of hydrogen-bond donors (Lipinski definition) is 1. The Morgan fingerprint density at radius 2 is 2.14 bits per heavy atom. The molecular formula is C3H4O3Si. The van der Waals surface area contributed by atoms with Crippen LogP contribution in [0.5, 0.6) is 0 Å². The zero-order valence-electron chi connectivity index (χ0n) is 3.55. The summed E-state index contributed by atoms with van der Waals surface area (Å²) in [5.74, 6) is -1.18. The molecule has 4 heteroatoms. The molecule has 0 aliphatic carbocycles. The molecule has 3 nitrogen and oxygen atoms in total. The van der Waals surface area contributed by atoms with Gasteiger partial charge in [-0.2, -0.15) is 0 Å². The van der Waals surface area contributed by atoms with Gasteiger partial charge < -0.3 is 9.57 Å². The summed E-state index contributed by atoms with van der Waals surface area (Å²) in [6.07, 6.45) is 0. The molecule has 0 atom stereocenters. The van der Waals surface area contributed by atoms with Gasteiger partial charge in [-0.3, -0.25) is 0 Å². The van der Waals surface area contributed by atoms with Gasteiger partial charge in [-0.1, -0.05) is 6.58 Å². The smallest absolute Gasteiger partial charge is 0.333 e. The number of aliphatic carboxylic acids is 1. The van der Waals surface area contributed by atoms with Crippen molar-refractivity contribution < 1.29 is 14.4 Å². The summed E-state index contributed by atoms with van der Waals surface area (Å²) in [5.41, 5.74) is 0. The third-order valence-corrected chi connectivity index (χ3v) is 0.948. The van der Waals surface area contributed by atoms with E-state index in [1.165, 1.54) is 0 Å². The van der Waals surface area contributed by atoms with E-state index in [2.05, 4.69) is 6.58 Å². The predicted octanol–water partition coefficient (Wildman–Crippen LogP) is -0.633. The quantitative estimate of drug-likeness (QED) is 0.386. The van der Waals surface area contributed by atoms with E-state index in [9.17, 15) is 9.26 Å². The first-order valence-electron chi connectivity index (χ1n) is 1.56. The highest BCUT2D eigenvalue weighted by atomic mass is 28.2. The highest BCUT2D eigenvalue weighted by Gasteiger charge is 1.98. The third kappa shape index (κ3) is 1.99. The van der Waals surface area contributed by atoms with E-state index in [1.54, 1.807) is 0 Å². The number of hydrogen-bond acceptors (Lipinski definition) is 2. The summed E-state index contributed by atoms with van der Waals surface area (Å²) >= 11 is 0. The van der Waals surface area contributed by atoms with Crippen molar-refractivity contribution in [3.8, 4) is 0 Å². The first-order valence-corrected chi connectivity index (χ1v) is 2.60. The normalized spacial score (nSPS) is 7.43. The van der Waals surface area contributed by atoms with Crippen LogP contribution >= 0.6 is 0 Å². The Morgan fingerprint density at radius 3 is 2.14 bits per heavy atom. The standard InChI is InChI=1S/C3H4O3Si/c1-2(7-6)3(4)5/h7H,1H2,(H,4,5). The molecule has 0 aliphatic heterocycles. The molecule has 0 aromatic carbocycles. The van der Waals surface area contributed by atoms with Gasteiger partial charge in [0.15, 0.2) is 0 Å². The fourth-order valence-corrected chi connectivity index (χ4v) is 0.151. The molecule has 0 rings (SSSR count). The molecule has 0 spiro atoms. The molecule has 1 N–H and O–H groups in total. The van der Waals surface area contributed by atoms with Crippen LogP contribution in [0, 0.1) is 0 Å². The van der Waals surface area contributed by atoms with Crippen molar-refractivity contribution in [1.82, 2.24) is 0 Å². The van der Waals surface area contributed by atoms with Crippen molar-refractivity contribution in [3.05, 3.63) is 11.8 Å². The number of carbonyl (C=O) groups is 1. The van der Waals surface area contributed by atoms with E-state index in [-0.39, 0.29) is 5.20 Å². The molecule has 0 fully saturated rings. The Hall–Kier alpha value is -0.773. The second kappa shape index (κ2) is 2.41. The van der Waals surface area contributed by atoms with Gasteiger partial charge in [-0.05, 0) is 0 Å². The Bertz CT molecular complexity index is 117. The second-order valence-corrected chi connectivity index (χ2v) is 1.88. The van der Waals surface area contributed by atoms with Gasteiger partial charge in [0.2, 0.25) is 0 Å². The maximum atomic E-state index is 9.67. The molecule has 0 aromatic rings. The maximum Gasteiger partial charge on any atom is 0.333 e. The minimum atomic E-state index is -1.34. The molecule has 38 valence electrons. The van der Waals surface area contributed by atoms with E-state index in [0.29, 0.717) is 0 Å². The molecule has 0 radical (unpaired) electrons. The monoisotopic (exact) mass is 116 g/mol. The fraction of sp³-hybridized carbons (Fsp3) is 0. The zero-order chi connectivity index (χ0) is 5.86. The van der Waals surface area contributed by atoms with E-state index in [1.807, 2.05) is 0 Å². The van der Waals surface area contributed by atoms with Gasteiger partial charge >= 0.3 is 15.4 Å². The molecule has 0 aromatic heterocycles. The Kier molecular flexibility index (Phi) is 2.14. The third-order valence-electron chi connectivity index (χ3n) is 0.417. The summed E-state index contributed by atoms with van der Waals surface area (Å²) in [6.45, 7) is 3.00. The van der Waals surface area contributed by atoms with Crippen LogP contribution < -0.4 is 0 Å². The van der Waals surface area contributed by atoms with Gasteiger partial charge in [0, 0.05) is 0 Å². The zero-order valence-corrected chi connectivity index (χ0v) is 4.70. The molecule has 0 saturated carbocycles. The first kappa shape index (κ1) is 6.23. The molecule has 0 amide bonds. The molecule has 0 saturated heterocycles. The minimum absolute atomic E-state index is 0.208. The van der Waals surface area contributed by atoms with Crippen LogP contribution in [0.2, 0.25) is 0 Å². The van der Waals surface area contributed by atoms with Gasteiger partial charge in [-0.25, -0.2) is 4.79 Å². The average Bonchev–Trinajstić information content (AvgIpc) is 1.65. The summed E-state index contributed by atoms with van der Waals surface area (Å²) in [6, 6.07) is 0. The minimum Gasteiger partial charge on any atom is -0.478 e. The lowest BCUT2D eigenvalue weighted by atomic mass is 10.7. The molecule has 0 aliphatic rings. The van der Waals surface area contributed by atoms with Gasteiger partial charge in [0.1, 0.15) is 0 Å². The van der Waals surface area contributed by atoms with E-state index in [4.69, 9.17) is 5.11 Å². The van der Waals surface area contributed by atoms with Crippen molar-refractivity contribution in [1.29, 1.82) is 0 Å². The first-order chi connectivity index (χ1) is 3.18. The van der Waals surface area contributed by atoms with Crippen LogP contribution in [-0.4, -0.2) is 20.5 Å². The molecule has 7 heavy (non-hydrogen) atoms. The molecular weight excluding hydrogens is 112 g/mol. The van der Waals surface area contributed by atoms with Crippen LogP contribution in [0.15, 0.2) is 11.8 Å². The number of carboxylic acids is 1. The van der Waals surface area contributed by atoms with Crippen molar-refractivity contribution in [2.45, 2.75) is 0 Å². The fourth-order valence-electron chi connectivity index (χ4n) is 0.0504. The highest BCUT2D eigenvalue weighted by Crippen LogP contribution is 1.77. The van der Waals surface area contributed by atoms with Crippen molar-refractivity contribution in [3.63, 3.8) is 0 Å². The lowest BCUT2D eigenvalue weighted by Crippen LogP contribution is -1.99. The number of carboxylic acid groups (broad SMARTS) is 1. The van der Waals surface area contributed by atoms with Crippen LogP contribution in [-0.2, 0) is 9.26 Å². The molecule has 0 bridgehead atoms. The van der Waals surface area contributed by atoms with Gasteiger partial charge in [0.25, 0.3) is 0 Å². The summed E-state index contributed by atoms with van der Waals surface area (Å²) in [7, 11) is -1.34. The lowest BCUT2D eigenvalue weighted by Gasteiger charge is -1.78. The summed E-state index contributed by atoms with van der Waals surface area (Å²) in [4.78, 5) is 9.65. The van der Waals surface area contributed by atoms with Crippen LogP contribution in [0.1, 0.15) is 0 Å².